The van der Waals surface area contributed by atoms with Gasteiger partial charge in [0.25, 0.3) is 0 Å². The van der Waals surface area contributed by atoms with Crippen LogP contribution in [-0.2, 0) is 16.1 Å². The molecule has 0 aromatic carbocycles. The Bertz CT molecular complexity index is 647. The molecule has 0 spiro atoms. The van der Waals surface area contributed by atoms with Crippen molar-refractivity contribution in [1.29, 1.82) is 0 Å². The van der Waals surface area contributed by atoms with Crippen LogP contribution in [0.3, 0.4) is 0 Å². The van der Waals surface area contributed by atoms with Crippen LogP contribution in [0.15, 0.2) is 18.3 Å². The molecule has 2 amide bonds. The van der Waals surface area contributed by atoms with Crippen molar-refractivity contribution in [2.75, 3.05) is 19.7 Å². The summed E-state index contributed by atoms with van der Waals surface area (Å²) >= 11 is 0. The molecule has 150 valence electrons. The van der Waals surface area contributed by atoms with Crippen molar-refractivity contribution < 1.29 is 14.3 Å². The molecule has 1 saturated carbocycles. The van der Waals surface area contributed by atoms with E-state index in [1.54, 1.807) is 0 Å². The normalized spacial score (nSPS) is 25.2. The summed E-state index contributed by atoms with van der Waals surface area (Å²) in [5.74, 6) is 0.795. The van der Waals surface area contributed by atoms with Gasteiger partial charge in [-0.15, -0.1) is 0 Å². The average Bonchev–Trinajstić information content (AvgIpc) is 3.14. The third kappa shape index (κ3) is 4.47. The molecule has 0 radical (unpaired) electrons. The van der Waals surface area contributed by atoms with Gasteiger partial charge in [0.2, 0.25) is 0 Å². The summed E-state index contributed by atoms with van der Waals surface area (Å²) in [6.45, 7) is 8.92. The van der Waals surface area contributed by atoms with Crippen molar-refractivity contribution >= 4 is 12.0 Å². The Hall–Kier alpha value is -1.98. The fourth-order valence-corrected chi connectivity index (χ4v) is 4.54. The Morgan fingerprint density at radius 1 is 1.22 bits per heavy atom. The van der Waals surface area contributed by atoms with Crippen LogP contribution in [0.1, 0.15) is 58.2 Å². The Kier molecular flexibility index (Phi) is 6.45. The SMILES string of the molecule is CCOC(=O)C1CCC(CNC(=O)N2CCn3cccc3[C@@H]2C(C)C)CC1. The summed E-state index contributed by atoms with van der Waals surface area (Å²) in [4.78, 5) is 26.7. The molecule has 0 bridgehead atoms. The van der Waals surface area contributed by atoms with Crippen LogP contribution in [-0.4, -0.2) is 41.2 Å². The minimum absolute atomic E-state index is 0.0358. The van der Waals surface area contributed by atoms with Crippen LogP contribution in [0.25, 0.3) is 0 Å². The van der Waals surface area contributed by atoms with Crippen LogP contribution >= 0.6 is 0 Å². The molecule has 1 aromatic heterocycles. The minimum Gasteiger partial charge on any atom is -0.466 e. The van der Waals surface area contributed by atoms with Gasteiger partial charge in [-0.2, -0.15) is 0 Å². The van der Waals surface area contributed by atoms with Gasteiger partial charge in [0.05, 0.1) is 18.6 Å². The van der Waals surface area contributed by atoms with Crippen LogP contribution in [0.4, 0.5) is 4.79 Å². The number of rotatable bonds is 5. The lowest BCUT2D eigenvalue weighted by Gasteiger charge is -2.39. The Balaban J connectivity index is 1.50. The lowest BCUT2D eigenvalue weighted by molar-refractivity contribution is -0.149. The number of ether oxygens (including phenoxy) is 1. The molecule has 6 nitrogen and oxygen atoms in total. The van der Waals surface area contributed by atoms with E-state index in [0.717, 1.165) is 38.8 Å². The third-order valence-electron chi connectivity index (χ3n) is 5.99. The number of esters is 1. The van der Waals surface area contributed by atoms with Gasteiger partial charge < -0.3 is 19.5 Å². The average molecular weight is 376 g/mol. The molecule has 1 aromatic rings. The second kappa shape index (κ2) is 8.81. The second-order valence-electron chi connectivity index (χ2n) is 8.16. The lowest BCUT2D eigenvalue weighted by Crippen LogP contribution is -2.49. The number of fused-ring (bicyclic) bond motifs is 1. The highest BCUT2D eigenvalue weighted by Gasteiger charge is 2.33. The summed E-state index contributed by atoms with van der Waals surface area (Å²) in [6.07, 6.45) is 5.78. The number of aromatic nitrogens is 1. The first-order valence-corrected chi connectivity index (χ1v) is 10.4. The Labute approximate surface area is 162 Å². The highest BCUT2D eigenvalue weighted by atomic mass is 16.5. The molecule has 2 heterocycles. The number of nitrogens with zero attached hydrogens (tertiary/aromatic N) is 2. The molecule has 1 N–H and O–H groups in total. The first kappa shape index (κ1) is 19.8. The van der Waals surface area contributed by atoms with Crippen molar-refractivity contribution in [3.63, 3.8) is 0 Å². The van der Waals surface area contributed by atoms with Crippen LogP contribution in [0.5, 0.6) is 0 Å². The van der Waals surface area contributed by atoms with Crippen LogP contribution < -0.4 is 5.32 Å². The number of amides is 2. The van der Waals surface area contributed by atoms with Crippen molar-refractivity contribution in [2.45, 2.75) is 59.0 Å². The summed E-state index contributed by atoms with van der Waals surface area (Å²) < 4.78 is 7.39. The van der Waals surface area contributed by atoms with Gasteiger partial charge in [-0.05, 0) is 56.6 Å². The topological polar surface area (TPSA) is 63.6 Å². The van der Waals surface area contributed by atoms with E-state index in [-0.39, 0.29) is 24.0 Å². The molecular formula is C21H33N3O3. The number of nitrogens with one attached hydrogen (secondary N) is 1. The van der Waals surface area contributed by atoms with E-state index in [9.17, 15) is 9.59 Å². The highest BCUT2D eigenvalue weighted by molar-refractivity contribution is 5.75. The molecule has 2 aliphatic rings. The molecule has 1 aliphatic carbocycles. The maximum absolute atomic E-state index is 12.9. The molecule has 0 unspecified atom stereocenters. The fourth-order valence-electron chi connectivity index (χ4n) is 4.54. The smallest absolute Gasteiger partial charge is 0.318 e. The number of urea groups is 1. The van der Waals surface area contributed by atoms with E-state index in [2.05, 4.69) is 42.1 Å². The van der Waals surface area contributed by atoms with E-state index in [1.807, 2.05) is 11.8 Å². The van der Waals surface area contributed by atoms with Crippen molar-refractivity contribution in [1.82, 2.24) is 14.8 Å². The summed E-state index contributed by atoms with van der Waals surface area (Å²) in [7, 11) is 0. The predicted octanol–water partition coefficient (Wildman–Crippen LogP) is 3.58. The minimum atomic E-state index is -0.0592. The molecule has 27 heavy (non-hydrogen) atoms. The fraction of sp³-hybridized carbons (Fsp3) is 0.714. The van der Waals surface area contributed by atoms with E-state index in [1.165, 1.54) is 5.69 Å². The van der Waals surface area contributed by atoms with Gasteiger partial charge in [0.1, 0.15) is 0 Å². The molecule has 1 aliphatic heterocycles. The molecule has 1 atom stereocenters. The summed E-state index contributed by atoms with van der Waals surface area (Å²) in [6, 6.07) is 4.34. The number of carbonyl (C=O) groups excluding carboxylic acids is 2. The molecular weight excluding hydrogens is 342 g/mol. The zero-order valence-corrected chi connectivity index (χ0v) is 16.8. The highest BCUT2D eigenvalue weighted by Crippen LogP contribution is 2.33. The van der Waals surface area contributed by atoms with Crippen molar-refractivity contribution in [3.8, 4) is 0 Å². The Morgan fingerprint density at radius 2 is 1.96 bits per heavy atom. The third-order valence-corrected chi connectivity index (χ3v) is 5.99. The largest absolute Gasteiger partial charge is 0.466 e. The standard InChI is InChI=1S/C21H33N3O3/c1-4-27-20(25)17-9-7-16(8-10-17)14-22-21(26)24-13-12-23-11-5-6-18(23)19(24)15(2)3/h5-6,11,15-17,19H,4,7-10,12-14H2,1-3H3,(H,22,26)/t16?,17?,19-/m0/s1. The molecule has 0 saturated heterocycles. The Morgan fingerprint density at radius 3 is 2.63 bits per heavy atom. The van der Waals surface area contributed by atoms with E-state index in [4.69, 9.17) is 4.74 Å². The monoisotopic (exact) mass is 375 g/mol. The predicted molar refractivity (Wildman–Crippen MR) is 104 cm³/mol. The zero-order chi connectivity index (χ0) is 19.4. The summed E-state index contributed by atoms with van der Waals surface area (Å²) in [5.41, 5.74) is 1.22. The molecule has 6 heteroatoms. The van der Waals surface area contributed by atoms with Gasteiger partial charge in [-0.3, -0.25) is 4.79 Å². The van der Waals surface area contributed by atoms with Gasteiger partial charge in [-0.1, -0.05) is 13.8 Å². The summed E-state index contributed by atoms with van der Waals surface area (Å²) in [5, 5.41) is 3.16. The van der Waals surface area contributed by atoms with E-state index in [0.29, 0.717) is 25.0 Å². The number of hydrogen-bond acceptors (Lipinski definition) is 3. The van der Waals surface area contributed by atoms with Gasteiger partial charge in [0.15, 0.2) is 0 Å². The van der Waals surface area contributed by atoms with E-state index < -0.39 is 0 Å². The van der Waals surface area contributed by atoms with Crippen LogP contribution in [0, 0.1) is 17.8 Å². The van der Waals surface area contributed by atoms with Gasteiger partial charge in [-0.25, -0.2) is 4.79 Å². The molecule has 3 rings (SSSR count). The van der Waals surface area contributed by atoms with Gasteiger partial charge >= 0.3 is 12.0 Å². The molecule has 1 fully saturated rings. The lowest BCUT2D eigenvalue weighted by atomic mass is 9.82. The van der Waals surface area contributed by atoms with E-state index >= 15 is 0 Å². The number of hydrogen-bond donors (Lipinski definition) is 1. The van der Waals surface area contributed by atoms with Crippen molar-refractivity contribution in [3.05, 3.63) is 24.0 Å². The number of carbonyl (C=O) groups is 2. The van der Waals surface area contributed by atoms with Crippen molar-refractivity contribution in [2.24, 2.45) is 17.8 Å². The van der Waals surface area contributed by atoms with Crippen LogP contribution in [0.2, 0.25) is 0 Å². The maximum atomic E-state index is 12.9. The quantitative estimate of drug-likeness (QED) is 0.800. The maximum Gasteiger partial charge on any atom is 0.318 e. The zero-order valence-electron chi connectivity index (χ0n) is 16.8. The second-order valence-corrected chi connectivity index (χ2v) is 8.16. The van der Waals surface area contributed by atoms with Gasteiger partial charge in [0, 0.05) is 31.5 Å². The first-order chi connectivity index (χ1) is 13.0. The first-order valence-electron chi connectivity index (χ1n) is 10.4.